The summed E-state index contributed by atoms with van der Waals surface area (Å²) < 4.78 is 0. The van der Waals surface area contributed by atoms with Crippen LogP contribution in [0.5, 0.6) is 0 Å². The van der Waals surface area contributed by atoms with Gasteiger partial charge in [-0.1, -0.05) is 42.2 Å². The van der Waals surface area contributed by atoms with E-state index in [0.717, 1.165) is 37.4 Å². The van der Waals surface area contributed by atoms with Crippen LogP contribution in [-0.2, 0) is 12.8 Å². The van der Waals surface area contributed by atoms with Gasteiger partial charge in [0.1, 0.15) is 23.9 Å². The summed E-state index contributed by atoms with van der Waals surface area (Å²) in [7, 11) is 0. The minimum atomic E-state index is -0.149. The number of nitrogens with one attached hydrogen (secondary N) is 1. The first kappa shape index (κ1) is 18.9. The van der Waals surface area contributed by atoms with Crippen molar-refractivity contribution in [3.63, 3.8) is 0 Å². The maximum atomic E-state index is 8.83. The van der Waals surface area contributed by atoms with Crippen molar-refractivity contribution in [2.75, 3.05) is 36.5 Å². The third kappa shape index (κ3) is 4.71. The fraction of sp³-hybridized carbons (Fsp3) is 0.261. The summed E-state index contributed by atoms with van der Waals surface area (Å²) in [6, 6.07) is 16.3. The van der Waals surface area contributed by atoms with Crippen LogP contribution in [0.3, 0.4) is 0 Å². The first-order valence-corrected chi connectivity index (χ1v) is 9.76. The molecule has 3 heterocycles. The first-order chi connectivity index (χ1) is 14.3. The standard InChI is InChI=1S/C23H23N5O/c29-16-6-5-13-25-21-17-22(27-23(26-21)20-9-3-4-12-24-20)28-14-10-18-7-1-2-8-19(18)11-15-28/h1-4,7-9,12,17,29H,10-11,13-16H2,(H,25,26,27). The van der Waals surface area contributed by atoms with Crippen LogP contribution in [-0.4, -0.2) is 46.3 Å². The molecule has 2 N–H and O–H groups in total. The minimum absolute atomic E-state index is 0.149. The van der Waals surface area contributed by atoms with Gasteiger partial charge < -0.3 is 15.3 Å². The molecule has 0 unspecified atom stereocenters. The molecule has 0 atom stereocenters. The Morgan fingerprint density at radius 2 is 1.72 bits per heavy atom. The van der Waals surface area contributed by atoms with Gasteiger partial charge in [0.2, 0.25) is 0 Å². The summed E-state index contributed by atoms with van der Waals surface area (Å²) >= 11 is 0. The van der Waals surface area contributed by atoms with Gasteiger partial charge in [-0.05, 0) is 36.1 Å². The molecule has 1 aliphatic heterocycles. The van der Waals surface area contributed by atoms with Crippen molar-refractivity contribution < 1.29 is 5.11 Å². The monoisotopic (exact) mass is 385 g/mol. The van der Waals surface area contributed by atoms with Gasteiger partial charge in [0, 0.05) is 25.4 Å². The van der Waals surface area contributed by atoms with E-state index in [2.05, 4.69) is 56.3 Å². The maximum absolute atomic E-state index is 8.83. The van der Waals surface area contributed by atoms with Crippen LogP contribution in [0.2, 0.25) is 0 Å². The van der Waals surface area contributed by atoms with Gasteiger partial charge in [0.15, 0.2) is 5.82 Å². The predicted octanol–water partition coefficient (Wildman–Crippen LogP) is 2.55. The Morgan fingerprint density at radius 3 is 2.41 bits per heavy atom. The van der Waals surface area contributed by atoms with E-state index < -0.39 is 0 Å². The number of aromatic nitrogens is 3. The largest absolute Gasteiger partial charge is 0.384 e. The number of pyridine rings is 1. The Hall–Kier alpha value is -3.43. The minimum Gasteiger partial charge on any atom is -0.384 e. The third-order valence-electron chi connectivity index (χ3n) is 4.91. The Balaban J connectivity index is 1.63. The molecule has 6 nitrogen and oxygen atoms in total. The fourth-order valence-corrected chi connectivity index (χ4v) is 3.45. The van der Waals surface area contributed by atoms with Crippen molar-refractivity contribution >= 4 is 11.6 Å². The second kappa shape index (κ2) is 9.18. The number of hydrogen-bond donors (Lipinski definition) is 2. The summed E-state index contributed by atoms with van der Waals surface area (Å²) in [4.78, 5) is 16.1. The van der Waals surface area contributed by atoms with Crippen LogP contribution in [0.4, 0.5) is 11.6 Å². The molecule has 3 aromatic rings. The SMILES string of the molecule is OCC#CCNc1cc(N2CCc3ccccc3CC2)nc(-c2ccccn2)n1. The van der Waals surface area contributed by atoms with E-state index in [9.17, 15) is 0 Å². The molecular formula is C23H23N5O. The Morgan fingerprint density at radius 1 is 0.966 bits per heavy atom. The van der Waals surface area contributed by atoms with E-state index >= 15 is 0 Å². The lowest BCUT2D eigenvalue weighted by Gasteiger charge is -2.22. The van der Waals surface area contributed by atoms with Crippen molar-refractivity contribution in [1.82, 2.24) is 15.0 Å². The molecule has 29 heavy (non-hydrogen) atoms. The van der Waals surface area contributed by atoms with Crippen LogP contribution in [0.15, 0.2) is 54.7 Å². The molecular weight excluding hydrogens is 362 g/mol. The second-order valence-corrected chi connectivity index (χ2v) is 6.77. The van der Waals surface area contributed by atoms with Crippen molar-refractivity contribution in [2.24, 2.45) is 0 Å². The molecule has 1 aromatic carbocycles. The summed E-state index contributed by atoms with van der Waals surface area (Å²) in [6.07, 6.45) is 3.72. The van der Waals surface area contributed by atoms with Gasteiger partial charge in [-0.2, -0.15) is 0 Å². The van der Waals surface area contributed by atoms with Gasteiger partial charge in [-0.25, -0.2) is 9.97 Å². The number of aliphatic hydroxyl groups is 1. The average Bonchev–Trinajstić information content (AvgIpc) is 3.00. The van der Waals surface area contributed by atoms with Crippen LogP contribution in [0, 0.1) is 11.8 Å². The van der Waals surface area contributed by atoms with E-state index in [-0.39, 0.29) is 6.61 Å². The first-order valence-electron chi connectivity index (χ1n) is 9.76. The lowest BCUT2D eigenvalue weighted by Crippen LogP contribution is -2.27. The number of hydrogen-bond acceptors (Lipinski definition) is 6. The number of aliphatic hydroxyl groups excluding tert-OH is 1. The molecule has 4 rings (SSSR count). The van der Waals surface area contributed by atoms with Crippen molar-refractivity contribution in [3.8, 4) is 23.4 Å². The van der Waals surface area contributed by atoms with Gasteiger partial charge in [-0.15, -0.1) is 0 Å². The smallest absolute Gasteiger partial charge is 0.182 e. The molecule has 0 fully saturated rings. The number of rotatable bonds is 4. The van der Waals surface area contributed by atoms with Crippen LogP contribution in [0.1, 0.15) is 11.1 Å². The quantitative estimate of drug-likeness (QED) is 0.673. The van der Waals surface area contributed by atoms with Crippen molar-refractivity contribution in [2.45, 2.75) is 12.8 Å². The molecule has 0 amide bonds. The summed E-state index contributed by atoms with van der Waals surface area (Å²) in [5.41, 5.74) is 3.55. The van der Waals surface area contributed by atoms with E-state index in [0.29, 0.717) is 18.2 Å². The zero-order chi connectivity index (χ0) is 19.9. The number of fused-ring (bicyclic) bond motifs is 1. The topological polar surface area (TPSA) is 74.2 Å². The number of anilines is 2. The predicted molar refractivity (Wildman–Crippen MR) is 115 cm³/mol. The van der Waals surface area contributed by atoms with E-state index in [1.54, 1.807) is 6.20 Å². The molecule has 0 spiro atoms. The second-order valence-electron chi connectivity index (χ2n) is 6.77. The zero-order valence-electron chi connectivity index (χ0n) is 16.2. The molecule has 146 valence electrons. The van der Waals surface area contributed by atoms with E-state index in [1.807, 2.05) is 24.3 Å². The Kier molecular flexibility index (Phi) is 5.98. The fourth-order valence-electron chi connectivity index (χ4n) is 3.45. The molecule has 2 aromatic heterocycles. The van der Waals surface area contributed by atoms with Gasteiger partial charge in [-0.3, -0.25) is 4.98 Å². The Bertz CT molecular complexity index is 999. The van der Waals surface area contributed by atoms with Crippen molar-refractivity contribution in [1.29, 1.82) is 0 Å². The highest BCUT2D eigenvalue weighted by Gasteiger charge is 2.17. The molecule has 0 radical (unpaired) electrons. The number of benzene rings is 1. The van der Waals surface area contributed by atoms with Crippen molar-refractivity contribution in [3.05, 3.63) is 65.9 Å². The van der Waals surface area contributed by atoms with Crippen LogP contribution in [0.25, 0.3) is 11.5 Å². The van der Waals surface area contributed by atoms with Crippen LogP contribution >= 0.6 is 0 Å². The highest BCUT2D eigenvalue weighted by molar-refractivity contribution is 5.59. The van der Waals surface area contributed by atoms with Gasteiger partial charge in [0.05, 0.1) is 6.54 Å². The normalized spacial score (nSPS) is 13.1. The van der Waals surface area contributed by atoms with Gasteiger partial charge >= 0.3 is 0 Å². The maximum Gasteiger partial charge on any atom is 0.182 e. The number of nitrogens with zero attached hydrogens (tertiary/aromatic N) is 4. The van der Waals surface area contributed by atoms with Crippen LogP contribution < -0.4 is 10.2 Å². The molecule has 0 saturated heterocycles. The molecule has 0 aliphatic carbocycles. The molecule has 6 heteroatoms. The average molecular weight is 385 g/mol. The summed E-state index contributed by atoms with van der Waals surface area (Å²) in [6.45, 7) is 2.06. The molecule has 1 aliphatic rings. The lowest BCUT2D eigenvalue weighted by atomic mass is 10.0. The zero-order valence-corrected chi connectivity index (χ0v) is 16.2. The van der Waals surface area contributed by atoms with E-state index in [4.69, 9.17) is 10.1 Å². The lowest BCUT2D eigenvalue weighted by molar-refractivity contribution is 0.350. The highest BCUT2D eigenvalue weighted by atomic mass is 16.2. The molecule has 0 saturated carbocycles. The summed E-state index contributed by atoms with van der Waals surface area (Å²) in [5, 5.41) is 12.0. The molecule has 0 bridgehead atoms. The summed E-state index contributed by atoms with van der Waals surface area (Å²) in [5.74, 6) is 7.67. The van der Waals surface area contributed by atoms with E-state index in [1.165, 1.54) is 11.1 Å². The third-order valence-corrected chi connectivity index (χ3v) is 4.91. The highest BCUT2D eigenvalue weighted by Crippen LogP contribution is 2.24. The Labute approximate surface area is 170 Å². The van der Waals surface area contributed by atoms with Gasteiger partial charge in [0.25, 0.3) is 0 Å².